The van der Waals surface area contributed by atoms with E-state index in [2.05, 4.69) is 10.1 Å². The zero-order valence-corrected chi connectivity index (χ0v) is 19.1. The van der Waals surface area contributed by atoms with E-state index in [1.54, 1.807) is 20.8 Å². The number of amides is 2. The maximum Gasteiger partial charge on any atom is 0.401 e. The highest BCUT2D eigenvalue weighted by Gasteiger charge is 2.38. The molecule has 8 nitrogen and oxygen atoms in total. The highest BCUT2D eigenvalue weighted by molar-refractivity contribution is 5.98. The molecule has 1 aromatic carbocycles. The van der Waals surface area contributed by atoms with Crippen LogP contribution < -0.4 is 20.7 Å². The lowest BCUT2D eigenvalue weighted by molar-refractivity contribution is -0.156. The topological polar surface area (TPSA) is 97.1 Å². The third-order valence-corrected chi connectivity index (χ3v) is 4.76. The third-order valence-electron chi connectivity index (χ3n) is 4.76. The molecule has 192 valence electrons. The summed E-state index contributed by atoms with van der Waals surface area (Å²) in [5, 5.41) is 2.35. The molecule has 0 spiro atoms. The van der Waals surface area contributed by atoms with Crippen molar-refractivity contribution in [2.45, 2.75) is 39.6 Å². The Hall–Kier alpha value is -2.51. The van der Waals surface area contributed by atoms with Crippen LogP contribution in [0.5, 0.6) is 5.75 Å². The molecule has 1 aromatic rings. The summed E-state index contributed by atoms with van der Waals surface area (Å²) in [7, 11) is 0. The second-order valence-electron chi connectivity index (χ2n) is 8.98. The first-order valence-electron chi connectivity index (χ1n) is 10.5. The van der Waals surface area contributed by atoms with Crippen molar-refractivity contribution in [3.8, 4) is 5.75 Å². The van der Waals surface area contributed by atoms with Crippen LogP contribution in [-0.2, 0) is 14.3 Å². The van der Waals surface area contributed by atoms with E-state index in [1.807, 2.05) is 0 Å². The first-order chi connectivity index (χ1) is 15.7. The summed E-state index contributed by atoms with van der Waals surface area (Å²) in [5.41, 5.74) is 5.10. The number of benzene rings is 1. The van der Waals surface area contributed by atoms with E-state index in [-0.39, 0.29) is 43.6 Å². The molecule has 34 heavy (non-hydrogen) atoms. The van der Waals surface area contributed by atoms with Crippen molar-refractivity contribution in [2.24, 2.45) is 11.1 Å². The fourth-order valence-corrected chi connectivity index (χ4v) is 3.52. The highest BCUT2D eigenvalue weighted by Crippen LogP contribution is 2.32. The number of nitrogens with zero attached hydrogens (tertiary/aromatic N) is 2. The molecule has 1 heterocycles. The lowest BCUT2D eigenvalue weighted by Crippen LogP contribution is -2.54. The van der Waals surface area contributed by atoms with Crippen LogP contribution in [0.2, 0.25) is 0 Å². The maximum absolute atomic E-state index is 13.2. The summed E-state index contributed by atoms with van der Waals surface area (Å²) in [6.07, 6.45) is -4.59. The molecule has 13 heteroatoms. The first kappa shape index (κ1) is 27.7. The van der Waals surface area contributed by atoms with E-state index >= 15 is 0 Å². The van der Waals surface area contributed by atoms with Gasteiger partial charge in [-0.2, -0.15) is 22.0 Å². The molecule has 1 aliphatic rings. The summed E-state index contributed by atoms with van der Waals surface area (Å²) < 4.78 is 75.1. The van der Waals surface area contributed by atoms with Gasteiger partial charge in [-0.1, -0.05) is 20.8 Å². The van der Waals surface area contributed by atoms with Crippen LogP contribution in [0.4, 0.5) is 33.3 Å². The van der Waals surface area contributed by atoms with Gasteiger partial charge in [-0.3, -0.25) is 14.5 Å². The van der Waals surface area contributed by atoms with Gasteiger partial charge in [0.25, 0.3) is 5.91 Å². The van der Waals surface area contributed by atoms with Gasteiger partial charge in [-0.05, 0) is 17.5 Å². The number of hydrogen-bond acceptors (Lipinski definition) is 6. The largest absolute Gasteiger partial charge is 0.433 e. The fraction of sp³-hybridized carbons (Fsp3) is 0.619. The van der Waals surface area contributed by atoms with E-state index < -0.39 is 49.0 Å². The molecule has 0 unspecified atom stereocenters. The minimum absolute atomic E-state index is 0.0970. The van der Waals surface area contributed by atoms with Gasteiger partial charge in [0.15, 0.2) is 5.75 Å². The molecule has 0 aliphatic carbocycles. The minimum Gasteiger partial charge on any atom is -0.433 e. The Labute approximate surface area is 194 Å². The van der Waals surface area contributed by atoms with Gasteiger partial charge >= 0.3 is 12.8 Å². The number of rotatable bonds is 9. The maximum atomic E-state index is 13.2. The molecule has 1 aliphatic heterocycles. The van der Waals surface area contributed by atoms with E-state index in [1.165, 1.54) is 17.0 Å². The molecule has 2 amide bonds. The molecule has 3 N–H and O–H groups in total. The highest BCUT2D eigenvalue weighted by atomic mass is 19.4. The number of anilines is 2. The number of carbonyl (C=O) groups excluding carboxylic acids is 2. The lowest BCUT2D eigenvalue weighted by atomic mass is 9.95. The van der Waals surface area contributed by atoms with Crippen molar-refractivity contribution in [2.75, 3.05) is 49.6 Å². The summed E-state index contributed by atoms with van der Waals surface area (Å²) in [4.78, 5) is 27.2. The molecule has 0 aromatic heterocycles. The Balaban J connectivity index is 2.32. The van der Waals surface area contributed by atoms with E-state index in [9.17, 15) is 31.5 Å². The van der Waals surface area contributed by atoms with Gasteiger partial charge in [0.05, 0.1) is 18.8 Å². The number of halogens is 5. The molecule has 2 rings (SSSR count). The van der Waals surface area contributed by atoms with Gasteiger partial charge in [0, 0.05) is 31.4 Å². The number of morpholine rings is 1. The number of nitrogens with one attached hydrogen (secondary N) is 1. The van der Waals surface area contributed by atoms with E-state index in [0.29, 0.717) is 0 Å². The number of carbonyl (C=O) groups is 2. The molecule has 1 saturated heterocycles. The van der Waals surface area contributed by atoms with Crippen LogP contribution in [0, 0.1) is 5.41 Å². The number of hydrogen-bond donors (Lipinski definition) is 2. The van der Waals surface area contributed by atoms with E-state index in [4.69, 9.17) is 10.5 Å². The second-order valence-corrected chi connectivity index (χ2v) is 8.98. The van der Waals surface area contributed by atoms with Gasteiger partial charge in [-0.25, -0.2) is 0 Å². The second kappa shape index (κ2) is 11.3. The molecule has 0 saturated carbocycles. The predicted molar refractivity (Wildman–Crippen MR) is 115 cm³/mol. The number of ether oxygens (including phenoxy) is 2. The molecule has 1 fully saturated rings. The van der Waals surface area contributed by atoms with Crippen molar-refractivity contribution >= 4 is 23.2 Å². The summed E-state index contributed by atoms with van der Waals surface area (Å²) in [6, 6.07) is 2.39. The quantitative estimate of drug-likeness (QED) is 0.511. The molecular formula is C21H29F5N4O4. The SMILES string of the molecule is CC(C)(C)CN(CC(F)(F)F)[C@@H](CN)C(=O)Nc1ccc(N2CCOCC2=O)cc1OC(F)F. The van der Waals surface area contributed by atoms with E-state index in [0.717, 1.165) is 11.0 Å². The Morgan fingerprint density at radius 2 is 1.94 bits per heavy atom. The average molecular weight is 496 g/mol. The predicted octanol–water partition coefficient (Wildman–Crippen LogP) is 2.83. The van der Waals surface area contributed by atoms with Crippen molar-refractivity contribution in [1.82, 2.24) is 4.90 Å². The summed E-state index contributed by atoms with van der Waals surface area (Å²) in [6.45, 7) is 0.223. The molecule has 0 bridgehead atoms. The standard InChI is InChI=1S/C21H29F5N4O4/c1-20(2,3)11-29(12-21(24,25)26)15(9-27)18(32)28-14-5-4-13(8-16(14)34-19(22)23)30-6-7-33-10-17(30)31/h4-5,8,15,19H,6-7,9-12,27H2,1-3H3,(H,28,32)/t15-/m0/s1. The number of alkyl halides is 5. The van der Waals surface area contributed by atoms with Crippen LogP contribution in [0.15, 0.2) is 18.2 Å². The molecular weight excluding hydrogens is 467 g/mol. The van der Waals surface area contributed by atoms with Crippen molar-refractivity contribution < 1.29 is 41.0 Å². The Kier molecular flexibility index (Phi) is 9.20. The Morgan fingerprint density at radius 3 is 2.47 bits per heavy atom. The lowest BCUT2D eigenvalue weighted by Gasteiger charge is -2.35. The van der Waals surface area contributed by atoms with Gasteiger partial charge in [0.2, 0.25) is 5.91 Å². The average Bonchev–Trinajstić information content (AvgIpc) is 2.67. The van der Waals surface area contributed by atoms with Crippen LogP contribution in [0.3, 0.4) is 0 Å². The van der Waals surface area contributed by atoms with Crippen LogP contribution >= 0.6 is 0 Å². The first-order valence-corrected chi connectivity index (χ1v) is 10.5. The Bertz CT molecular complexity index is 845. The van der Waals surface area contributed by atoms with Crippen LogP contribution in [-0.4, -0.2) is 74.9 Å². The zero-order valence-electron chi connectivity index (χ0n) is 19.1. The van der Waals surface area contributed by atoms with Gasteiger partial charge < -0.3 is 25.4 Å². The Morgan fingerprint density at radius 1 is 1.26 bits per heavy atom. The normalized spacial score (nSPS) is 16.2. The fourth-order valence-electron chi connectivity index (χ4n) is 3.52. The van der Waals surface area contributed by atoms with Gasteiger partial charge in [-0.15, -0.1) is 0 Å². The summed E-state index contributed by atoms with van der Waals surface area (Å²) in [5.74, 6) is -1.75. The van der Waals surface area contributed by atoms with Gasteiger partial charge in [0.1, 0.15) is 12.6 Å². The zero-order chi connectivity index (χ0) is 25.7. The monoisotopic (exact) mass is 496 g/mol. The minimum atomic E-state index is -4.59. The smallest absolute Gasteiger partial charge is 0.401 e. The third kappa shape index (κ3) is 8.37. The summed E-state index contributed by atoms with van der Waals surface area (Å²) >= 11 is 0. The van der Waals surface area contributed by atoms with Crippen molar-refractivity contribution in [3.05, 3.63) is 18.2 Å². The van der Waals surface area contributed by atoms with Crippen LogP contribution in [0.25, 0.3) is 0 Å². The molecule has 1 atom stereocenters. The van der Waals surface area contributed by atoms with Crippen molar-refractivity contribution in [3.63, 3.8) is 0 Å². The molecule has 0 radical (unpaired) electrons. The van der Waals surface area contributed by atoms with Crippen LogP contribution in [0.1, 0.15) is 20.8 Å². The number of nitrogens with two attached hydrogens (primary N) is 1. The van der Waals surface area contributed by atoms with Crippen molar-refractivity contribution in [1.29, 1.82) is 0 Å².